The van der Waals surface area contributed by atoms with Crippen LogP contribution in [0.2, 0.25) is 0 Å². The lowest BCUT2D eigenvalue weighted by Gasteiger charge is -2.37. The van der Waals surface area contributed by atoms with Crippen molar-refractivity contribution in [3.05, 3.63) is 31.9 Å². The third-order valence-electron chi connectivity index (χ3n) is 6.37. The van der Waals surface area contributed by atoms with E-state index < -0.39 is 0 Å². The van der Waals surface area contributed by atoms with Crippen molar-refractivity contribution in [2.45, 2.75) is 40.2 Å². The van der Waals surface area contributed by atoms with Crippen molar-refractivity contribution in [3.63, 3.8) is 0 Å². The Morgan fingerprint density at radius 2 is 1.88 bits per heavy atom. The number of carbonyl (C=O) groups is 1. The molecule has 10 heteroatoms. The zero-order valence-corrected chi connectivity index (χ0v) is 22.1. The second-order valence-corrected chi connectivity index (χ2v) is 10.1. The van der Waals surface area contributed by atoms with E-state index in [4.69, 9.17) is 17.0 Å². The minimum absolute atomic E-state index is 0.133. The van der Waals surface area contributed by atoms with Crippen LogP contribution in [0, 0.1) is 18.3 Å². The summed E-state index contributed by atoms with van der Waals surface area (Å²) in [7, 11) is 1.59. The summed E-state index contributed by atoms with van der Waals surface area (Å²) in [6.45, 7) is 11.7. The number of piperazine rings is 1. The van der Waals surface area contributed by atoms with E-state index in [0.29, 0.717) is 34.5 Å². The predicted molar refractivity (Wildman–Crippen MR) is 141 cm³/mol. The summed E-state index contributed by atoms with van der Waals surface area (Å²) in [6, 6.07) is 2.11. The van der Waals surface area contributed by atoms with Crippen LogP contribution >= 0.6 is 24.0 Å². The second-order valence-electron chi connectivity index (χ2n) is 8.41. The maximum atomic E-state index is 13.4. The van der Waals surface area contributed by atoms with Gasteiger partial charge in [0.1, 0.15) is 21.8 Å². The van der Waals surface area contributed by atoms with Crippen molar-refractivity contribution >= 4 is 46.1 Å². The molecule has 0 saturated carbocycles. The highest BCUT2D eigenvalue weighted by atomic mass is 32.2. The first kappa shape index (κ1) is 26.4. The lowest BCUT2D eigenvalue weighted by Crippen LogP contribution is -2.48. The van der Waals surface area contributed by atoms with Gasteiger partial charge in [0.2, 0.25) is 0 Å². The first-order chi connectivity index (χ1) is 16.4. The highest BCUT2D eigenvalue weighted by molar-refractivity contribution is 8.26. The summed E-state index contributed by atoms with van der Waals surface area (Å²) in [6.07, 6.45) is 3.58. The number of pyridine rings is 1. The molecule has 1 aromatic heterocycles. The molecule has 2 saturated heterocycles. The van der Waals surface area contributed by atoms with Crippen LogP contribution in [-0.2, 0) is 16.1 Å². The van der Waals surface area contributed by atoms with Crippen LogP contribution in [0.15, 0.2) is 9.70 Å². The summed E-state index contributed by atoms with van der Waals surface area (Å²) in [4.78, 5) is 33.1. The van der Waals surface area contributed by atoms with Crippen LogP contribution in [0.25, 0.3) is 6.08 Å². The van der Waals surface area contributed by atoms with Gasteiger partial charge in [-0.05, 0) is 31.5 Å². The molecule has 8 nitrogen and oxygen atoms in total. The van der Waals surface area contributed by atoms with E-state index in [1.165, 1.54) is 11.8 Å². The number of thiocarbonyl (C=S) groups is 1. The van der Waals surface area contributed by atoms with Gasteiger partial charge in [0.05, 0.1) is 18.1 Å². The SMILES string of the molecule is CCCCn1c(N2CCN(CC)CC2)c(C=C2SC(=S)N(CCOC)C2=O)c(C)c(C#N)c1=O. The zero-order chi connectivity index (χ0) is 24.8. The maximum Gasteiger partial charge on any atom is 0.270 e. The first-order valence-corrected chi connectivity index (χ1v) is 13.0. The highest BCUT2D eigenvalue weighted by Crippen LogP contribution is 2.36. The molecule has 1 amide bonds. The number of methoxy groups -OCH3 is 1. The van der Waals surface area contributed by atoms with Gasteiger partial charge < -0.3 is 14.5 Å². The monoisotopic (exact) mass is 503 g/mol. The van der Waals surface area contributed by atoms with Crippen molar-refractivity contribution in [2.24, 2.45) is 0 Å². The molecule has 1 aromatic rings. The molecule has 0 atom stereocenters. The number of hydrogen-bond donors (Lipinski definition) is 0. The van der Waals surface area contributed by atoms with Crippen LogP contribution in [0.1, 0.15) is 43.4 Å². The highest BCUT2D eigenvalue weighted by Gasteiger charge is 2.33. The minimum Gasteiger partial charge on any atom is -0.383 e. The number of hydrogen-bond acceptors (Lipinski definition) is 8. The Labute approximate surface area is 211 Å². The van der Waals surface area contributed by atoms with Crippen LogP contribution in [0.5, 0.6) is 0 Å². The second kappa shape index (κ2) is 12.0. The molecule has 2 fully saturated rings. The fourth-order valence-corrected chi connectivity index (χ4v) is 5.58. The van der Waals surface area contributed by atoms with Crippen molar-refractivity contribution in [1.82, 2.24) is 14.4 Å². The molecule has 0 spiro atoms. The van der Waals surface area contributed by atoms with Crippen molar-refractivity contribution in [1.29, 1.82) is 5.26 Å². The van der Waals surface area contributed by atoms with Gasteiger partial charge in [-0.2, -0.15) is 5.26 Å². The molecule has 0 radical (unpaired) electrons. The topological polar surface area (TPSA) is 81.8 Å². The van der Waals surface area contributed by atoms with Crippen molar-refractivity contribution in [3.8, 4) is 6.07 Å². The molecule has 34 heavy (non-hydrogen) atoms. The van der Waals surface area contributed by atoms with Crippen LogP contribution in [0.4, 0.5) is 5.82 Å². The van der Waals surface area contributed by atoms with Crippen molar-refractivity contribution in [2.75, 3.05) is 57.9 Å². The number of anilines is 1. The predicted octanol–water partition coefficient (Wildman–Crippen LogP) is 2.82. The largest absolute Gasteiger partial charge is 0.383 e. The first-order valence-electron chi connectivity index (χ1n) is 11.8. The molecule has 3 rings (SSSR count). The molecule has 2 aliphatic heterocycles. The number of carbonyl (C=O) groups excluding carboxylic acids is 1. The number of aromatic nitrogens is 1. The molecular formula is C24H33N5O3S2. The van der Waals surface area contributed by atoms with E-state index in [2.05, 4.69) is 29.7 Å². The Hall–Kier alpha value is -2.19. The van der Waals surface area contributed by atoms with Gasteiger partial charge in [0.15, 0.2) is 0 Å². The molecule has 0 N–H and O–H groups in total. The van der Waals surface area contributed by atoms with Gasteiger partial charge in [0.25, 0.3) is 11.5 Å². The average Bonchev–Trinajstić information content (AvgIpc) is 3.11. The molecule has 0 aliphatic carbocycles. The Morgan fingerprint density at radius 3 is 2.47 bits per heavy atom. The standard InChI is InChI=1S/C24H33N5O3S2/c1-5-7-8-28-21(27-11-9-26(6-2)10-12-27)18(17(3)19(16-25)22(28)30)15-20-23(31)29(13-14-32-4)24(33)34-20/h15H,5-14H2,1-4H3. The van der Waals surface area contributed by atoms with E-state index in [1.54, 1.807) is 23.5 Å². The normalized spacial score (nSPS) is 18.3. The molecule has 184 valence electrons. The van der Waals surface area contributed by atoms with Crippen LogP contribution in [-0.4, -0.2) is 77.6 Å². The summed E-state index contributed by atoms with van der Waals surface area (Å²) >= 11 is 6.69. The zero-order valence-electron chi connectivity index (χ0n) is 20.4. The lowest BCUT2D eigenvalue weighted by atomic mass is 10.0. The molecule has 0 bridgehead atoms. The van der Waals surface area contributed by atoms with E-state index >= 15 is 0 Å². The van der Waals surface area contributed by atoms with Crippen LogP contribution < -0.4 is 10.5 Å². The smallest absolute Gasteiger partial charge is 0.270 e. The lowest BCUT2D eigenvalue weighted by molar-refractivity contribution is -0.122. The Bertz CT molecular complexity index is 1070. The fourth-order valence-electron chi connectivity index (χ4n) is 4.29. The Morgan fingerprint density at radius 1 is 1.18 bits per heavy atom. The number of ether oxygens (including phenoxy) is 1. The molecular weight excluding hydrogens is 470 g/mol. The summed E-state index contributed by atoms with van der Waals surface area (Å²) in [5.74, 6) is 0.630. The summed E-state index contributed by atoms with van der Waals surface area (Å²) in [5.41, 5.74) is 1.24. The van der Waals surface area contributed by atoms with Gasteiger partial charge in [-0.1, -0.05) is 44.2 Å². The van der Waals surface area contributed by atoms with E-state index in [1.807, 2.05) is 6.08 Å². The number of likely N-dealkylation sites (N-methyl/N-ethyl adjacent to an activating group) is 1. The van der Waals surface area contributed by atoms with E-state index in [-0.39, 0.29) is 17.0 Å². The van der Waals surface area contributed by atoms with E-state index in [0.717, 1.165) is 56.9 Å². The fraction of sp³-hybridized carbons (Fsp3) is 0.583. The van der Waals surface area contributed by atoms with Gasteiger partial charge in [0, 0.05) is 45.4 Å². The number of amides is 1. The Kier molecular flexibility index (Phi) is 9.31. The summed E-state index contributed by atoms with van der Waals surface area (Å²) in [5, 5.41) is 9.82. The molecule has 2 aliphatic rings. The maximum absolute atomic E-state index is 13.4. The van der Waals surface area contributed by atoms with Gasteiger partial charge in [-0.3, -0.25) is 19.1 Å². The van der Waals surface area contributed by atoms with Gasteiger partial charge in [-0.15, -0.1) is 0 Å². The number of unbranched alkanes of at least 4 members (excludes halogenated alkanes) is 1. The number of nitrogens with zero attached hydrogens (tertiary/aromatic N) is 5. The molecule has 0 aromatic carbocycles. The molecule has 0 unspecified atom stereocenters. The number of nitriles is 1. The number of rotatable bonds is 9. The van der Waals surface area contributed by atoms with Crippen LogP contribution in [0.3, 0.4) is 0 Å². The summed E-state index contributed by atoms with van der Waals surface area (Å²) < 4.78 is 7.35. The minimum atomic E-state index is -0.258. The van der Waals surface area contributed by atoms with Gasteiger partial charge in [-0.25, -0.2) is 0 Å². The number of thioether (sulfide) groups is 1. The Balaban J connectivity index is 2.16. The third-order valence-corrected chi connectivity index (χ3v) is 7.75. The third kappa shape index (κ3) is 5.38. The van der Waals surface area contributed by atoms with E-state index in [9.17, 15) is 14.9 Å². The van der Waals surface area contributed by atoms with Gasteiger partial charge >= 0.3 is 0 Å². The average molecular weight is 504 g/mol. The quantitative estimate of drug-likeness (QED) is 0.376. The van der Waals surface area contributed by atoms with Crippen molar-refractivity contribution < 1.29 is 9.53 Å². The molecule has 3 heterocycles.